The van der Waals surface area contributed by atoms with Crippen LogP contribution in [0.4, 0.5) is 0 Å². The third kappa shape index (κ3) is 3.76. The molecular formula is C9H16O5. The van der Waals surface area contributed by atoms with Gasteiger partial charge >= 0.3 is 5.97 Å². The lowest BCUT2D eigenvalue weighted by molar-refractivity contribution is -0.135. The van der Waals surface area contributed by atoms with Crippen LogP contribution >= 0.6 is 0 Å². The minimum atomic E-state index is -0.953. The first-order valence-corrected chi connectivity index (χ1v) is 4.19. The Kier molecular flexibility index (Phi) is 5.91. The average molecular weight is 204 g/mol. The molecule has 0 aliphatic rings. The number of hydrogen-bond acceptors (Lipinski definition) is 5. The van der Waals surface area contributed by atoms with E-state index in [4.69, 9.17) is 9.84 Å². The lowest BCUT2D eigenvalue weighted by Crippen LogP contribution is -2.24. The van der Waals surface area contributed by atoms with Crippen molar-refractivity contribution in [1.29, 1.82) is 0 Å². The zero-order valence-corrected chi connectivity index (χ0v) is 8.56. The second-order valence-electron chi connectivity index (χ2n) is 2.81. The highest BCUT2D eigenvalue weighted by Gasteiger charge is 2.19. The number of hydrogen-bond donors (Lipinski definition) is 2. The van der Waals surface area contributed by atoms with Crippen molar-refractivity contribution in [3.8, 4) is 0 Å². The highest BCUT2D eigenvalue weighted by atomic mass is 16.5. The molecule has 14 heavy (non-hydrogen) atoms. The van der Waals surface area contributed by atoms with Gasteiger partial charge in [-0.2, -0.15) is 0 Å². The fourth-order valence-corrected chi connectivity index (χ4v) is 0.899. The standard InChI is InChI=1S/C9H16O5/c1-6(7(11)5-10)8(13-2)4-9(12)14-3/h4,6-7,10-11H,5H2,1-3H3/b8-4+/t6-,7+/m1/s1. The Morgan fingerprint density at radius 1 is 1.43 bits per heavy atom. The van der Waals surface area contributed by atoms with Crippen molar-refractivity contribution in [1.82, 2.24) is 0 Å². The molecule has 2 atom stereocenters. The second kappa shape index (κ2) is 6.39. The van der Waals surface area contributed by atoms with Crippen molar-refractivity contribution in [3.05, 3.63) is 11.8 Å². The highest BCUT2D eigenvalue weighted by Crippen LogP contribution is 2.15. The molecule has 0 fully saturated rings. The number of carbonyl (C=O) groups excluding carboxylic acids is 1. The Morgan fingerprint density at radius 3 is 2.36 bits per heavy atom. The maximum Gasteiger partial charge on any atom is 0.333 e. The largest absolute Gasteiger partial charge is 0.500 e. The lowest BCUT2D eigenvalue weighted by Gasteiger charge is -2.18. The fourth-order valence-electron chi connectivity index (χ4n) is 0.899. The smallest absolute Gasteiger partial charge is 0.333 e. The molecule has 5 nitrogen and oxygen atoms in total. The van der Waals surface area contributed by atoms with Gasteiger partial charge in [0.1, 0.15) is 5.76 Å². The highest BCUT2D eigenvalue weighted by molar-refractivity contribution is 5.82. The molecule has 5 heteroatoms. The summed E-state index contributed by atoms with van der Waals surface area (Å²) in [6, 6.07) is 0. The molecular weight excluding hydrogens is 188 g/mol. The summed E-state index contributed by atoms with van der Waals surface area (Å²) < 4.78 is 9.30. The first-order valence-electron chi connectivity index (χ1n) is 4.19. The first-order chi connectivity index (χ1) is 6.56. The Bertz CT molecular complexity index is 211. The molecule has 2 N–H and O–H groups in total. The predicted molar refractivity (Wildman–Crippen MR) is 49.4 cm³/mol. The van der Waals surface area contributed by atoms with E-state index >= 15 is 0 Å². The van der Waals surface area contributed by atoms with Crippen LogP contribution in [0.5, 0.6) is 0 Å². The van der Waals surface area contributed by atoms with Gasteiger partial charge in [0.15, 0.2) is 0 Å². The molecule has 0 saturated heterocycles. The van der Waals surface area contributed by atoms with Crippen molar-refractivity contribution in [2.45, 2.75) is 13.0 Å². The topological polar surface area (TPSA) is 76.0 Å². The molecule has 0 aliphatic heterocycles. The van der Waals surface area contributed by atoms with Crippen molar-refractivity contribution in [3.63, 3.8) is 0 Å². The Labute approximate surface area is 82.9 Å². The summed E-state index contributed by atoms with van der Waals surface area (Å²) in [4.78, 5) is 10.9. The van der Waals surface area contributed by atoms with Crippen LogP contribution in [0, 0.1) is 5.92 Å². The SMILES string of the molecule is COC(=O)/C=C(/OC)[C@H](C)[C@@H](O)CO. The molecule has 0 heterocycles. The number of methoxy groups -OCH3 is 2. The molecule has 0 aliphatic carbocycles. The number of rotatable bonds is 5. The second-order valence-corrected chi connectivity index (χ2v) is 2.81. The third-order valence-electron chi connectivity index (χ3n) is 1.91. The van der Waals surface area contributed by atoms with Gasteiger partial charge in [-0.05, 0) is 0 Å². The van der Waals surface area contributed by atoms with Crippen molar-refractivity contribution < 1.29 is 24.5 Å². The van der Waals surface area contributed by atoms with Gasteiger partial charge in [-0.25, -0.2) is 4.79 Å². The fraction of sp³-hybridized carbons (Fsp3) is 0.667. The van der Waals surface area contributed by atoms with Crippen LogP contribution < -0.4 is 0 Å². The quantitative estimate of drug-likeness (QED) is 0.364. The molecule has 0 bridgehead atoms. The molecule has 0 aromatic rings. The van der Waals surface area contributed by atoms with Gasteiger partial charge in [0.2, 0.25) is 0 Å². The molecule has 0 spiro atoms. The Balaban J connectivity index is 4.54. The van der Waals surface area contributed by atoms with E-state index in [1.165, 1.54) is 14.2 Å². The normalized spacial score (nSPS) is 15.9. The van der Waals surface area contributed by atoms with Crippen LogP contribution in [-0.2, 0) is 14.3 Å². The van der Waals surface area contributed by atoms with Gasteiger partial charge in [0.05, 0.1) is 33.0 Å². The molecule has 0 aromatic carbocycles. The van der Waals surface area contributed by atoms with Gasteiger partial charge in [-0.15, -0.1) is 0 Å². The monoisotopic (exact) mass is 204 g/mol. The maximum absolute atomic E-state index is 10.9. The predicted octanol–water partition coefficient (Wildman–Crippen LogP) is -0.321. The molecule has 0 amide bonds. The number of aliphatic hydroxyl groups excluding tert-OH is 2. The summed E-state index contributed by atoms with van der Waals surface area (Å²) >= 11 is 0. The van der Waals surface area contributed by atoms with E-state index in [1.807, 2.05) is 0 Å². The van der Waals surface area contributed by atoms with Gasteiger partial charge in [-0.3, -0.25) is 0 Å². The minimum absolute atomic E-state index is 0.276. The number of esters is 1. The third-order valence-corrected chi connectivity index (χ3v) is 1.91. The zero-order valence-electron chi connectivity index (χ0n) is 8.56. The van der Waals surface area contributed by atoms with Crippen LogP contribution in [0.25, 0.3) is 0 Å². The summed E-state index contributed by atoms with van der Waals surface area (Å²) in [7, 11) is 2.63. The summed E-state index contributed by atoms with van der Waals surface area (Å²) in [6.45, 7) is 1.25. The van der Waals surface area contributed by atoms with Crippen molar-refractivity contribution in [2.75, 3.05) is 20.8 Å². The van der Waals surface area contributed by atoms with Gasteiger partial charge in [-0.1, -0.05) is 6.92 Å². The summed E-state index contributed by atoms with van der Waals surface area (Å²) in [5.41, 5.74) is 0. The molecule has 0 saturated carbocycles. The van der Waals surface area contributed by atoms with Crippen LogP contribution in [0.2, 0.25) is 0 Å². The average Bonchev–Trinajstić information content (AvgIpc) is 2.23. The summed E-state index contributed by atoms with van der Waals surface area (Å²) in [6.07, 6.45) is 0.189. The van der Waals surface area contributed by atoms with E-state index in [0.717, 1.165) is 6.08 Å². The van der Waals surface area contributed by atoms with Crippen molar-refractivity contribution in [2.24, 2.45) is 5.92 Å². The van der Waals surface area contributed by atoms with Gasteiger partial charge < -0.3 is 19.7 Å². The van der Waals surface area contributed by atoms with E-state index < -0.39 is 18.0 Å². The lowest BCUT2D eigenvalue weighted by atomic mass is 10.0. The minimum Gasteiger partial charge on any atom is -0.500 e. The van der Waals surface area contributed by atoms with Crippen LogP contribution in [-0.4, -0.2) is 43.1 Å². The number of carbonyl (C=O) groups is 1. The van der Waals surface area contributed by atoms with Gasteiger partial charge in [0.25, 0.3) is 0 Å². The maximum atomic E-state index is 10.9. The van der Waals surface area contributed by atoms with E-state index in [1.54, 1.807) is 6.92 Å². The number of aliphatic hydroxyl groups is 2. The zero-order chi connectivity index (χ0) is 11.1. The Hall–Kier alpha value is -1.07. The molecule has 82 valence electrons. The van der Waals surface area contributed by atoms with Crippen LogP contribution in [0.15, 0.2) is 11.8 Å². The molecule has 0 radical (unpaired) electrons. The van der Waals surface area contributed by atoms with Crippen LogP contribution in [0.1, 0.15) is 6.92 Å². The molecule has 0 rings (SSSR count). The van der Waals surface area contributed by atoms with Crippen molar-refractivity contribution >= 4 is 5.97 Å². The van der Waals surface area contributed by atoms with Crippen LogP contribution in [0.3, 0.4) is 0 Å². The van der Waals surface area contributed by atoms with E-state index in [2.05, 4.69) is 4.74 Å². The molecule has 0 unspecified atom stereocenters. The molecule has 0 aromatic heterocycles. The van der Waals surface area contributed by atoms with E-state index in [-0.39, 0.29) is 12.4 Å². The Morgan fingerprint density at radius 2 is 2.00 bits per heavy atom. The van der Waals surface area contributed by atoms with E-state index in [0.29, 0.717) is 0 Å². The van der Waals surface area contributed by atoms with E-state index in [9.17, 15) is 9.90 Å². The summed E-state index contributed by atoms with van der Waals surface area (Å²) in [5.74, 6) is -0.735. The van der Waals surface area contributed by atoms with Gasteiger partial charge in [0, 0.05) is 5.92 Å². The summed E-state index contributed by atoms with van der Waals surface area (Å²) in [5, 5.41) is 18.0. The first kappa shape index (κ1) is 12.9. The number of ether oxygens (including phenoxy) is 2.